The number of hydrogen-bond acceptors (Lipinski definition) is 5. The molecule has 0 saturated heterocycles. The summed E-state index contributed by atoms with van der Waals surface area (Å²) in [5, 5.41) is 0.0821. The summed E-state index contributed by atoms with van der Waals surface area (Å²) in [6.45, 7) is 15.8. The molecule has 2 aromatic heterocycles. The first-order chi connectivity index (χ1) is 14.7. The van der Waals surface area contributed by atoms with Crippen molar-refractivity contribution in [2.45, 2.75) is 84.1 Å². The van der Waals surface area contributed by atoms with Gasteiger partial charge in [0.2, 0.25) is 0 Å². The highest BCUT2D eigenvalue weighted by Crippen LogP contribution is 2.35. The molecule has 3 rings (SSSR count). The van der Waals surface area contributed by atoms with Crippen molar-refractivity contribution in [3.8, 4) is 11.3 Å². The van der Waals surface area contributed by atoms with Crippen LogP contribution in [0.15, 0.2) is 30.6 Å². The van der Waals surface area contributed by atoms with Gasteiger partial charge in [0.25, 0.3) is 5.91 Å². The van der Waals surface area contributed by atoms with Crippen molar-refractivity contribution in [2.24, 2.45) is 0 Å². The predicted octanol–water partition coefficient (Wildman–Crippen LogP) is 4.48. The summed E-state index contributed by atoms with van der Waals surface area (Å²) in [5.41, 5.74) is 1.61. The third kappa shape index (κ3) is 5.47. The molecule has 8 heteroatoms. The van der Waals surface area contributed by atoms with E-state index in [0.717, 1.165) is 17.0 Å². The summed E-state index contributed by atoms with van der Waals surface area (Å²) < 4.78 is 12.0. The minimum absolute atomic E-state index is 0.0821. The standard InChI is InChI=1S/C24H35N3O4Si/c1-22(2,3)30-21(29)27-19(24(7,8)31-32-23(4,5)6)14-18-16(20(27)28)13-17(26-18)15-9-11-25-12-10-15/h9-13,19,26H,14,32H2,1-8H3. The molecule has 1 unspecified atom stereocenters. The number of carbonyl (C=O) groups is 2. The van der Waals surface area contributed by atoms with Crippen LogP contribution in [0.4, 0.5) is 4.79 Å². The van der Waals surface area contributed by atoms with Crippen molar-refractivity contribution in [2.75, 3.05) is 0 Å². The molecular formula is C24H35N3O4Si. The molecule has 0 saturated carbocycles. The van der Waals surface area contributed by atoms with Crippen LogP contribution in [0.25, 0.3) is 11.3 Å². The maximum Gasteiger partial charge on any atom is 0.417 e. The monoisotopic (exact) mass is 457 g/mol. The van der Waals surface area contributed by atoms with E-state index in [1.165, 1.54) is 4.90 Å². The first kappa shape index (κ1) is 24.2. The van der Waals surface area contributed by atoms with E-state index in [9.17, 15) is 9.59 Å². The smallest absolute Gasteiger partial charge is 0.417 e. The Morgan fingerprint density at radius 1 is 1.12 bits per heavy atom. The van der Waals surface area contributed by atoms with Gasteiger partial charge < -0.3 is 14.1 Å². The van der Waals surface area contributed by atoms with Crippen LogP contribution in [-0.4, -0.2) is 53.9 Å². The van der Waals surface area contributed by atoms with Gasteiger partial charge in [0.05, 0.1) is 17.2 Å². The van der Waals surface area contributed by atoms with Gasteiger partial charge in [-0.3, -0.25) is 9.78 Å². The average molecular weight is 458 g/mol. The highest BCUT2D eigenvalue weighted by Gasteiger charge is 2.47. The molecule has 32 heavy (non-hydrogen) atoms. The van der Waals surface area contributed by atoms with Crippen molar-refractivity contribution in [1.29, 1.82) is 0 Å². The van der Waals surface area contributed by atoms with Crippen molar-refractivity contribution < 1.29 is 18.8 Å². The topological polar surface area (TPSA) is 84.5 Å². The highest BCUT2D eigenvalue weighted by molar-refractivity contribution is 6.31. The Balaban J connectivity index is 2.01. The summed E-state index contributed by atoms with van der Waals surface area (Å²) in [5.74, 6) is -0.365. The first-order valence-electron chi connectivity index (χ1n) is 11.0. The number of aromatic nitrogens is 2. The minimum atomic E-state index is -0.917. The molecule has 174 valence electrons. The number of nitrogens with one attached hydrogen (secondary N) is 1. The van der Waals surface area contributed by atoms with Gasteiger partial charge in [-0.2, -0.15) is 0 Å². The Bertz CT molecular complexity index is 987. The Hall–Kier alpha value is -2.45. The zero-order chi connectivity index (χ0) is 23.9. The van der Waals surface area contributed by atoms with Gasteiger partial charge in [-0.15, -0.1) is 0 Å². The number of rotatable bonds is 4. The summed E-state index contributed by atoms with van der Waals surface area (Å²) in [6, 6.07) is 5.08. The van der Waals surface area contributed by atoms with E-state index < -0.39 is 33.1 Å². The molecule has 0 aliphatic carbocycles. The van der Waals surface area contributed by atoms with Crippen LogP contribution < -0.4 is 0 Å². The normalized spacial score (nSPS) is 17.7. The van der Waals surface area contributed by atoms with Crippen molar-refractivity contribution >= 4 is 21.8 Å². The van der Waals surface area contributed by atoms with E-state index in [2.05, 4.69) is 30.7 Å². The van der Waals surface area contributed by atoms with Crippen LogP contribution in [0, 0.1) is 0 Å². The summed E-state index contributed by atoms with van der Waals surface area (Å²) in [6.07, 6.45) is 3.25. The molecule has 0 aromatic carbocycles. The lowest BCUT2D eigenvalue weighted by Crippen LogP contribution is -2.60. The van der Waals surface area contributed by atoms with Gasteiger partial charge in [0.1, 0.15) is 5.60 Å². The summed E-state index contributed by atoms with van der Waals surface area (Å²) in [4.78, 5) is 35.5. The van der Waals surface area contributed by atoms with E-state index in [4.69, 9.17) is 9.16 Å². The van der Waals surface area contributed by atoms with Crippen LogP contribution in [0.1, 0.15) is 71.4 Å². The predicted molar refractivity (Wildman–Crippen MR) is 127 cm³/mol. The van der Waals surface area contributed by atoms with E-state index >= 15 is 0 Å². The van der Waals surface area contributed by atoms with Gasteiger partial charge in [-0.25, -0.2) is 9.69 Å². The lowest BCUT2D eigenvalue weighted by molar-refractivity contribution is -0.0223. The Morgan fingerprint density at radius 3 is 2.31 bits per heavy atom. The molecule has 7 nitrogen and oxygen atoms in total. The van der Waals surface area contributed by atoms with E-state index in [1.54, 1.807) is 39.2 Å². The third-order valence-corrected chi connectivity index (χ3v) is 7.07. The molecule has 0 bridgehead atoms. The molecule has 1 aliphatic heterocycles. The number of amides is 2. The SMILES string of the molecule is CC(C)(C)OC(=O)N1C(=O)c2cc(-c3ccncc3)[nH]c2CC1C(C)(C)O[SiH2]C(C)(C)C. The number of pyridine rings is 1. The first-order valence-corrected chi connectivity index (χ1v) is 12.3. The van der Waals surface area contributed by atoms with Gasteiger partial charge >= 0.3 is 6.09 Å². The number of hydrogen-bond donors (Lipinski definition) is 1. The summed E-state index contributed by atoms with van der Waals surface area (Å²) in [7, 11) is -0.917. The number of ether oxygens (including phenoxy) is 1. The molecule has 0 radical (unpaired) electrons. The van der Waals surface area contributed by atoms with E-state index in [-0.39, 0.29) is 10.9 Å². The second-order valence-corrected chi connectivity index (χ2v) is 13.8. The number of imide groups is 1. The number of carbonyl (C=O) groups excluding carboxylic acids is 2. The fourth-order valence-corrected chi connectivity index (χ4v) is 4.67. The lowest BCUT2D eigenvalue weighted by Gasteiger charge is -2.44. The maximum atomic E-state index is 13.6. The molecule has 1 atom stereocenters. The molecule has 2 amide bonds. The van der Waals surface area contributed by atoms with E-state index in [0.29, 0.717) is 12.0 Å². The lowest BCUT2D eigenvalue weighted by atomic mass is 9.88. The fraction of sp³-hybridized carbons (Fsp3) is 0.542. The van der Waals surface area contributed by atoms with Gasteiger partial charge in [-0.05, 0) is 57.9 Å². The zero-order valence-corrected chi connectivity index (χ0v) is 21.8. The Morgan fingerprint density at radius 2 is 1.75 bits per heavy atom. The number of nitrogens with zero attached hydrogens (tertiary/aromatic N) is 2. The van der Waals surface area contributed by atoms with Crippen molar-refractivity contribution in [3.05, 3.63) is 41.9 Å². The van der Waals surface area contributed by atoms with Gasteiger partial charge in [-0.1, -0.05) is 20.8 Å². The minimum Gasteiger partial charge on any atom is -0.443 e. The third-order valence-electron chi connectivity index (χ3n) is 5.32. The van der Waals surface area contributed by atoms with Gasteiger partial charge in [0.15, 0.2) is 9.76 Å². The fourth-order valence-electron chi connectivity index (χ4n) is 3.67. The van der Waals surface area contributed by atoms with Crippen LogP contribution in [0.3, 0.4) is 0 Å². The van der Waals surface area contributed by atoms with Crippen LogP contribution in [-0.2, 0) is 15.6 Å². The zero-order valence-electron chi connectivity index (χ0n) is 20.4. The molecule has 2 aromatic rings. The van der Waals surface area contributed by atoms with Crippen LogP contribution in [0.2, 0.25) is 5.04 Å². The average Bonchev–Trinajstić information content (AvgIpc) is 3.10. The van der Waals surface area contributed by atoms with Gasteiger partial charge in [0, 0.05) is 35.8 Å². The maximum absolute atomic E-state index is 13.6. The quantitative estimate of drug-likeness (QED) is 0.685. The Labute approximate surface area is 192 Å². The molecular weight excluding hydrogens is 422 g/mol. The number of H-pyrrole nitrogens is 1. The molecule has 0 fully saturated rings. The van der Waals surface area contributed by atoms with Crippen LogP contribution >= 0.6 is 0 Å². The van der Waals surface area contributed by atoms with Crippen molar-refractivity contribution in [1.82, 2.24) is 14.9 Å². The molecule has 1 N–H and O–H groups in total. The highest BCUT2D eigenvalue weighted by atomic mass is 28.2. The van der Waals surface area contributed by atoms with E-state index in [1.807, 2.05) is 26.0 Å². The second-order valence-electron chi connectivity index (χ2n) is 11.1. The number of aromatic amines is 1. The summed E-state index contributed by atoms with van der Waals surface area (Å²) >= 11 is 0. The second kappa shape index (κ2) is 8.48. The molecule has 0 spiro atoms. The Kier molecular flexibility index (Phi) is 6.41. The molecule has 1 aliphatic rings. The van der Waals surface area contributed by atoms with Crippen LogP contribution in [0.5, 0.6) is 0 Å². The molecule has 3 heterocycles. The number of fused-ring (bicyclic) bond motifs is 1. The van der Waals surface area contributed by atoms with Crippen molar-refractivity contribution in [3.63, 3.8) is 0 Å². The largest absolute Gasteiger partial charge is 0.443 e.